The molecule has 108 valence electrons. The standard InChI is InChI=1S/C18H20N2O/c1-3-19-17-10-13(2)8-9-16(17)18(21)20-11-14-6-4-5-7-15(14)12-20/h4-10,19H,3,11-12H2,1-2H3. The van der Waals surface area contributed by atoms with Crippen molar-refractivity contribution in [1.82, 2.24) is 4.90 Å². The van der Waals surface area contributed by atoms with Crippen LogP contribution in [0.3, 0.4) is 0 Å². The van der Waals surface area contributed by atoms with Crippen LogP contribution in [-0.4, -0.2) is 17.4 Å². The zero-order valence-electron chi connectivity index (χ0n) is 12.5. The van der Waals surface area contributed by atoms with Crippen LogP contribution in [0.15, 0.2) is 42.5 Å². The average Bonchev–Trinajstić information content (AvgIpc) is 2.91. The Balaban J connectivity index is 1.87. The number of hydrogen-bond acceptors (Lipinski definition) is 2. The van der Waals surface area contributed by atoms with E-state index in [1.807, 2.05) is 49.1 Å². The number of carbonyl (C=O) groups excluding carboxylic acids is 1. The molecule has 2 aromatic rings. The van der Waals surface area contributed by atoms with E-state index in [4.69, 9.17) is 0 Å². The molecule has 1 N–H and O–H groups in total. The summed E-state index contributed by atoms with van der Waals surface area (Å²) in [5.41, 5.74) is 5.35. The third-order valence-electron chi connectivity index (χ3n) is 3.90. The molecule has 0 atom stereocenters. The molecule has 0 spiro atoms. The first-order chi connectivity index (χ1) is 10.2. The van der Waals surface area contributed by atoms with Gasteiger partial charge >= 0.3 is 0 Å². The first kappa shape index (κ1) is 13.7. The van der Waals surface area contributed by atoms with Gasteiger partial charge in [-0.2, -0.15) is 0 Å². The van der Waals surface area contributed by atoms with Crippen molar-refractivity contribution in [3.05, 3.63) is 64.7 Å². The number of amides is 1. The van der Waals surface area contributed by atoms with Gasteiger partial charge in [0.15, 0.2) is 0 Å². The maximum absolute atomic E-state index is 12.8. The molecule has 3 heteroatoms. The fourth-order valence-corrected chi connectivity index (χ4v) is 2.83. The fourth-order valence-electron chi connectivity index (χ4n) is 2.83. The highest BCUT2D eigenvalue weighted by Gasteiger charge is 2.25. The maximum atomic E-state index is 12.8. The number of benzene rings is 2. The Morgan fingerprint density at radius 1 is 1.14 bits per heavy atom. The zero-order valence-corrected chi connectivity index (χ0v) is 12.5. The van der Waals surface area contributed by atoms with Crippen molar-refractivity contribution >= 4 is 11.6 Å². The minimum atomic E-state index is 0.0992. The van der Waals surface area contributed by atoms with Crippen LogP contribution in [0.1, 0.15) is 34.0 Å². The van der Waals surface area contributed by atoms with Gasteiger partial charge in [0.25, 0.3) is 5.91 Å². The van der Waals surface area contributed by atoms with Crippen molar-refractivity contribution in [3.8, 4) is 0 Å². The number of rotatable bonds is 3. The highest BCUT2D eigenvalue weighted by molar-refractivity contribution is 6.00. The van der Waals surface area contributed by atoms with Crippen molar-refractivity contribution in [2.75, 3.05) is 11.9 Å². The summed E-state index contributed by atoms with van der Waals surface area (Å²) in [5.74, 6) is 0.0992. The van der Waals surface area contributed by atoms with E-state index in [1.165, 1.54) is 11.1 Å². The Bertz CT molecular complexity index is 654. The van der Waals surface area contributed by atoms with Gasteiger partial charge in [0.1, 0.15) is 0 Å². The van der Waals surface area contributed by atoms with Crippen LogP contribution in [0.4, 0.5) is 5.69 Å². The monoisotopic (exact) mass is 280 g/mol. The number of fused-ring (bicyclic) bond motifs is 1. The molecule has 0 aliphatic carbocycles. The first-order valence-electron chi connectivity index (χ1n) is 7.39. The summed E-state index contributed by atoms with van der Waals surface area (Å²) >= 11 is 0. The number of carbonyl (C=O) groups is 1. The second-order valence-electron chi connectivity index (χ2n) is 5.51. The van der Waals surface area contributed by atoms with Crippen LogP contribution in [0, 0.1) is 6.92 Å². The Morgan fingerprint density at radius 3 is 2.43 bits per heavy atom. The number of hydrogen-bond donors (Lipinski definition) is 1. The molecule has 0 aromatic heterocycles. The lowest BCUT2D eigenvalue weighted by Gasteiger charge is -2.18. The number of nitrogens with one attached hydrogen (secondary N) is 1. The quantitative estimate of drug-likeness (QED) is 0.932. The molecule has 0 unspecified atom stereocenters. The topological polar surface area (TPSA) is 32.3 Å². The maximum Gasteiger partial charge on any atom is 0.256 e. The van der Waals surface area contributed by atoms with Gasteiger partial charge in [-0.25, -0.2) is 0 Å². The number of nitrogens with zero attached hydrogens (tertiary/aromatic N) is 1. The summed E-state index contributed by atoms with van der Waals surface area (Å²) in [5, 5.41) is 3.29. The summed E-state index contributed by atoms with van der Waals surface area (Å²) in [6.07, 6.45) is 0. The van der Waals surface area contributed by atoms with Crippen LogP contribution < -0.4 is 5.32 Å². The third kappa shape index (κ3) is 2.64. The van der Waals surface area contributed by atoms with E-state index >= 15 is 0 Å². The second-order valence-corrected chi connectivity index (χ2v) is 5.51. The molecule has 0 fully saturated rings. The van der Waals surface area contributed by atoms with E-state index in [0.29, 0.717) is 13.1 Å². The van der Waals surface area contributed by atoms with Gasteiger partial charge in [0, 0.05) is 25.3 Å². The van der Waals surface area contributed by atoms with E-state index in [1.54, 1.807) is 0 Å². The van der Waals surface area contributed by atoms with Crippen LogP contribution >= 0.6 is 0 Å². The van der Waals surface area contributed by atoms with Crippen molar-refractivity contribution in [2.45, 2.75) is 26.9 Å². The molecular formula is C18H20N2O. The van der Waals surface area contributed by atoms with E-state index in [2.05, 4.69) is 17.4 Å². The molecule has 0 radical (unpaired) electrons. The minimum absolute atomic E-state index is 0.0992. The van der Waals surface area contributed by atoms with Crippen LogP contribution in [0.25, 0.3) is 0 Å². The van der Waals surface area contributed by atoms with Crippen LogP contribution in [0.2, 0.25) is 0 Å². The van der Waals surface area contributed by atoms with Crippen molar-refractivity contribution < 1.29 is 4.79 Å². The van der Waals surface area contributed by atoms with E-state index < -0.39 is 0 Å². The number of aryl methyl sites for hydroxylation is 1. The summed E-state index contributed by atoms with van der Waals surface area (Å²) in [4.78, 5) is 14.7. The molecule has 1 heterocycles. The van der Waals surface area contributed by atoms with Crippen molar-refractivity contribution in [1.29, 1.82) is 0 Å². The van der Waals surface area contributed by atoms with E-state index in [-0.39, 0.29) is 5.91 Å². The van der Waals surface area contributed by atoms with Crippen LogP contribution in [0.5, 0.6) is 0 Å². The Kier molecular flexibility index (Phi) is 3.65. The van der Waals surface area contributed by atoms with Gasteiger partial charge in [-0.3, -0.25) is 4.79 Å². The fraction of sp³-hybridized carbons (Fsp3) is 0.278. The van der Waals surface area contributed by atoms with Gasteiger partial charge in [0.2, 0.25) is 0 Å². The lowest BCUT2D eigenvalue weighted by molar-refractivity contribution is 0.0752. The predicted molar refractivity (Wildman–Crippen MR) is 85.4 cm³/mol. The first-order valence-corrected chi connectivity index (χ1v) is 7.39. The third-order valence-corrected chi connectivity index (χ3v) is 3.90. The lowest BCUT2D eigenvalue weighted by Crippen LogP contribution is -2.26. The van der Waals surface area contributed by atoms with Gasteiger partial charge in [0.05, 0.1) is 5.56 Å². The molecule has 3 nitrogen and oxygen atoms in total. The van der Waals surface area contributed by atoms with Crippen LogP contribution in [-0.2, 0) is 13.1 Å². The van der Waals surface area contributed by atoms with Gasteiger partial charge < -0.3 is 10.2 Å². The van der Waals surface area contributed by atoms with E-state index in [0.717, 1.165) is 23.4 Å². The molecule has 0 saturated carbocycles. The molecule has 0 bridgehead atoms. The van der Waals surface area contributed by atoms with Gasteiger partial charge in [-0.05, 0) is 42.7 Å². The van der Waals surface area contributed by atoms with Gasteiger partial charge in [-0.1, -0.05) is 30.3 Å². The van der Waals surface area contributed by atoms with Crippen molar-refractivity contribution in [2.24, 2.45) is 0 Å². The van der Waals surface area contributed by atoms with Crippen molar-refractivity contribution in [3.63, 3.8) is 0 Å². The minimum Gasteiger partial charge on any atom is -0.385 e. The summed E-state index contributed by atoms with van der Waals surface area (Å²) in [7, 11) is 0. The SMILES string of the molecule is CCNc1cc(C)ccc1C(=O)N1Cc2ccccc2C1. The van der Waals surface area contributed by atoms with E-state index in [9.17, 15) is 4.79 Å². The summed E-state index contributed by atoms with van der Waals surface area (Å²) in [6, 6.07) is 14.2. The highest BCUT2D eigenvalue weighted by atomic mass is 16.2. The number of anilines is 1. The molecule has 1 aliphatic heterocycles. The zero-order chi connectivity index (χ0) is 14.8. The molecule has 1 aliphatic rings. The average molecular weight is 280 g/mol. The molecule has 3 rings (SSSR count). The van der Waals surface area contributed by atoms with Gasteiger partial charge in [-0.15, -0.1) is 0 Å². The Morgan fingerprint density at radius 2 is 1.81 bits per heavy atom. The normalized spacial score (nSPS) is 13.1. The lowest BCUT2D eigenvalue weighted by atomic mass is 10.1. The molecule has 1 amide bonds. The second kappa shape index (κ2) is 5.60. The molecule has 2 aromatic carbocycles. The smallest absolute Gasteiger partial charge is 0.256 e. The molecule has 0 saturated heterocycles. The largest absolute Gasteiger partial charge is 0.385 e. The summed E-state index contributed by atoms with van der Waals surface area (Å²) in [6.45, 7) is 6.30. The summed E-state index contributed by atoms with van der Waals surface area (Å²) < 4.78 is 0. The molecule has 21 heavy (non-hydrogen) atoms. The predicted octanol–water partition coefficient (Wildman–Crippen LogP) is 3.58. The highest BCUT2D eigenvalue weighted by Crippen LogP contribution is 2.26. The Hall–Kier alpha value is -2.29. The Labute approximate surface area is 125 Å². The molecular weight excluding hydrogens is 260 g/mol.